The van der Waals surface area contributed by atoms with E-state index >= 15 is 0 Å². The average Bonchev–Trinajstić information content (AvgIpc) is 2.28. The zero-order valence-corrected chi connectivity index (χ0v) is 10.7. The van der Waals surface area contributed by atoms with E-state index in [0.717, 1.165) is 12.0 Å². The Hall–Kier alpha value is -0.950. The number of nitrogens with two attached hydrogens (primary N) is 2. The number of rotatable bonds is 2. The Morgan fingerprint density at radius 1 is 1.28 bits per heavy atom. The Morgan fingerprint density at radius 2 is 1.72 bits per heavy atom. The molecule has 0 radical (unpaired) electrons. The fourth-order valence-corrected chi connectivity index (χ4v) is 1.78. The van der Waals surface area contributed by atoms with Crippen LogP contribution in [-0.4, -0.2) is 20.7 Å². The van der Waals surface area contributed by atoms with Gasteiger partial charge in [0.25, 0.3) is 0 Å². The van der Waals surface area contributed by atoms with Crippen LogP contribution in [0.15, 0.2) is 24.3 Å². The van der Waals surface area contributed by atoms with Gasteiger partial charge in [-0.15, -0.1) is 0 Å². The van der Waals surface area contributed by atoms with Crippen LogP contribution in [-0.2, 0) is 16.4 Å². The third-order valence-electron chi connectivity index (χ3n) is 2.47. The zero-order valence-electron chi connectivity index (χ0n) is 9.89. The van der Waals surface area contributed by atoms with Crippen LogP contribution in [0.3, 0.4) is 0 Å². The molecule has 5 N–H and O–H groups in total. The van der Waals surface area contributed by atoms with Gasteiger partial charge < -0.3 is 11.5 Å². The summed E-state index contributed by atoms with van der Waals surface area (Å²) in [5.74, 6) is 0.312. The van der Waals surface area contributed by atoms with Gasteiger partial charge in [0, 0.05) is 6.54 Å². The minimum Gasteiger partial charge on any atom is -0.312 e. The van der Waals surface area contributed by atoms with E-state index < -0.39 is 10.0 Å². The molecule has 0 amide bonds. The molecule has 0 atom stereocenters. The molecule has 1 heterocycles. The Labute approximate surface area is 110 Å². The van der Waals surface area contributed by atoms with E-state index in [9.17, 15) is 8.42 Å². The van der Waals surface area contributed by atoms with Gasteiger partial charge in [-0.1, -0.05) is 38.6 Å². The first kappa shape index (κ1) is 17.1. The standard InChI is InChI=1S/C9H14N2.C2H5NO2S.CH4/c1-2-7-3-5-8(6-4-7)9(10)11;4-6(5)2-1-3-6;/h3-6,9H,2,10-11H2,1H3;3H,1-2H2;1H4. The van der Waals surface area contributed by atoms with Crippen LogP contribution in [0.1, 0.15) is 31.6 Å². The van der Waals surface area contributed by atoms with Crippen molar-refractivity contribution >= 4 is 10.0 Å². The first-order valence-electron chi connectivity index (χ1n) is 5.52. The largest absolute Gasteiger partial charge is 0.312 e. The molecule has 2 rings (SSSR count). The van der Waals surface area contributed by atoms with Crippen LogP contribution in [0, 0.1) is 0 Å². The van der Waals surface area contributed by atoms with Crippen molar-refractivity contribution in [1.82, 2.24) is 4.72 Å². The van der Waals surface area contributed by atoms with Crippen LogP contribution >= 0.6 is 0 Å². The number of sulfonamides is 1. The predicted molar refractivity (Wildman–Crippen MR) is 75.5 cm³/mol. The Kier molecular flexibility index (Phi) is 7.08. The molecule has 0 aromatic heterocycles. The van der Waals surface area contributed by atoms with Crippen molar-refractivity contribution in [1.29, 1.82) is 0 Å². The molecule has 0 aliphatic carbocycles. The molecular formula is C12H23N3O2S. The third kappa shape index (κ3) is 5.59. The lowest BCUT2D eigenvalue weighted by molar-refractivity contribution is 0.565. The molecule has 0 bridgehead atoms. The molecule has 0 unspecified atom stereocenters. The number of hydrogen-bond donors (Lipinski definition) is 3. The van der Waals surface area contributed by atoms with E-state index in [0.29, 0.717) is 12.3 Å². The van der Waals surface area contributed by atoms with Crippen molar-refractivity contribution in [2.45, 2.75) is 26.9 Å². The maximum Gasteiger partial charge on any atom is 0.212 e. The second-order valence-corrected chi connectivity index (χ2v) is 5.76. The third-order valence-corrected chi connectivity index (χ3v) is 3.85. The summed E-state index contributed by atoms with van der Waals surface area (Å²) in [4.78, 5) is 0. The summed E-state index contributed by atoms with van der Waals surface area (Å²) in [5, 5.41) is 0. The highest BCUT2D eigenvalue weighted by Gasteiger charge is 2.17. The predicted octanol–water partition coefficient (Wildman–Crippen LogP) is 0.721. The molecule has 1 saturated heterocycles. The number of aryl methyl sites for hydroxylation is 1. The highest BCUT2D eigenvalue weighted by Crippen LogP contribution is 2.07. The second-order valence-electron chi connectivity index (χ2n) is 3.83. The molecule has 1 aliphatic rings. The first-order chi connectivity index (χ1) is 7.94. The van der Waals surface area contributed by atoms with Gasteiger partial charge in [0.1, 0.15) is 0 Å². The molecule has 18 heavy (non-hydrogen) atoms. The highest BCUT2D eigenvalue weighted by molar-refractivity contribution is 7.90. The average molecular weight is 273 g/mol. The van der Waals surface area contributed by atoms with Crippen molar-refractivity contribution in [2.75, 3.05) is 12.3 Å². The lowest BCUT2D eigenvalue weighted by atomic mass is 10.1. The van der Waals surface area contributed by atoms with Gasteiger partial charge in [0.05, 0.1) is 11.9 Å². The molecule has 1 aliphatic heterocycles. The molecule has 0 saturated carbocycles. The van der Waals surface area contributed by atoms with Gasteiger partial charge in [0.15, 0.2) is 0 Å². The van der Waals surface area contributed by atoms with Gasteiger partial charge >= 0.3 is 0 Å². The molecular weight excluding hydrogens is 250 g/mol. The summed E-state index contributed by atoms with van der Waals surface area (Å²) >= 11 is 0. The Bertz CT molecular complexity index is 431. The normalized spacial score (nSPS) is 16.0. The number of benzene rings is 1. The topological polar surface area (TPSA) is 98.2 Å². The Morgan fingerprint density at radius 3 is 1.94 bits per heavy atom. The van der Waals surface area contributed by atoms with E-state index in [1.165, 1.54) is 5.56 Å². The fourth-order valence-electron chi connectivity index (χ4n) is 1.24. The fraction of sp³-hybridized carbons (Fsp3) is 0.500. The summed E-state index contributed by atoms with van der Waals surface area (Å²) in [6.07, 6.45) is 0.709. The van der Waals surface area contributed by atoms with E-state index in [-0.39, 0.29) is 13.6 Å². The molecule has 1 aromatic rings. The van der Waals surface area contributed by atoms with Crippen LogP contribution in [0.2, 0.25) is 0 Å². The van der Waals surface area contributed by atoms with Crippen LogP contribution in [0.4, 0.5) is 0 Å². The summed E-state index contributed by atoms with van der Waals surface area (Å²) in [7, 11) is -2.73. The van der Waals surface area contributed by atoms with E-state index in [4.69, 9.17) is 11.5 Å². The van der Waals surface area contributed by atoms with Crippen LogP contribution in [0.25, 0.3) is 0 Å². The number of hydrogen-bond acceptors (Lipinski definition) is 4. The molecule has 1 aromatic carbocycles. The van der Waals surface area contributed by atoms with E-state index in [1.807, 2.05) is 12.1 Å². The van der Waals surface area contributed by atoms with Gasteiger partial charge in [0.2, 0.25) is 10.0 Å². The summed E-state index contributed by atoms with van der Waals surface area (Å²) in [6, 6.07) is 8.07. The van der Waals surface area contributed by atoms with Crippen molar-refractivity contribution in [3.05, 3.63) is 35.4 Å². The lowest BCUT2D eigenvalue weighted by Crippen LogP contribution is -2.42. The summed E-state index contributed by atoms with van der Waals surface area (Å²) < 4.78 is 22.2. The van der Waals surface area contributed by atoms with Gasteiger partial charge in [-0.25, -0.2) is 13.1 Å². The van der Waals surface area contributed by atoms with E-state index in [2.05, 4.69) is 23.8 Å². The van der Waals surface area contributed by atoms with Gasteiger partial charge in [-0.3, -0.25) is 0 Å². The molecule has 6 heteroatoms. The van der Waals surface area contributed by atoms with Gasteiger partial charge in [-0.2, -0.15) is 0 Å². The molecule has 104 valence electrons. The minimum absolute atomic E-state index is 0. The van der Waals surface area contributed by atoms with Crippen molar-refractivity contribution in [3.8, 4) is 0 Å². The van der Waals surface area contributed by atoms with Gasteiger partial charge in [-0.05, 0) is 17.5 Å². The van der Waals surface area contributed by atoms with Crippen molar-refractivity contribution < 1.29 is 8.42 Å². The smallest absolute Gasteiger partial charge is 0.212 e. The van der Waals surface area contributed by atoms with Crippen molar-refractivity contribution in [2.24, 2.45) is 11.5 Å². The molecule has 0 spiro atoms. The zero-order chi connectivity index (χ0) is 12.9. The van der Waals surface area contributed by atoms with Crippen LogP contribution < -0.4 is 16.2 Å². The lowest BCUT2D eigenvalue weighted by Gasteiger charge is -2.12. The number of nitrogens with one attached hydrogen (secondary N) is 1. The van der Waals surface area contributed by atoms with Crippen LogP contribution in [0.5, 0.6) is 0 Å². The van der Waals surface area contributed by atoms with E-state index in [1.54, 1.807) is 0 Å². The quantitative estimate of drug-likeness (QED) is 0.691. The maximum absolute atomic E-state index is 9.98. The molecule has 1 fully saturated rings. The maximum atomic E-state index is 9.98. The highest BCUT2D eigenvalue weighted by atomic mass is 32.2. The molecule has 5 nitrogen and oxygen atoms in total. The SMILES string of the molecule is C.CCc1ccc(C(N)N)cc1.O=S1(=O)CCN1. The first-order valence-corrected chi connectivity index (χ1v) is 7.17. The summed E-state index contributed by atoms with van der Waals surface area (Å²) in [5.41, 5.74) is 13.3. The monoisotopic (exact) mass is 273 g/mol. The summed E-state index contributed by atoms with van der Waals surface area (Å²) in [6.45, 7) is 2.75. The second kappa shape index (κ2) is 7.48. The minimum atomic E-state index is -2.73. The Balaban J connectivity index is 0.000000352. The van der Waals surface area contributed by atoms with Crippen molar-refractivity contribution in [3.63, 3.8) is 0 Å².